The van der Waals surface area contributed by atoms with E-state index in [0.717, 1.165) is 36.8 Å². The van der Waals surface area contributed by atoms with Crippen LogP contribution in [0.15, 0.2) is 36.4 Å². The minimum atomic E-state index is -0.593. The van der Waals surface area contributed by atoms with E-state index >= 15 is 0 Å². The minimum Gasteiger partial charge on any atom is -0.352 e. The normalized spacial score (nSPS) is 14.7. The van der Waals surface area contributed by atoms with Crippen molar-refractivity contribution < 1.29 is 9.59 Å². The van der Waals surface area contributed by atoms with Gasteiger partial charge in [-0.2, -0.15) is 0 Å². The molecule has 1 unspecified atom stereocenters. The van der Waals surface area contributed by atoms with Crippen molar-refractivity contribution in [1.29, 1.82) is 0 Å². The SMILES string of the molecule is CCC(C(=O)NC1CCCC1)N(Cc1ccc(Cl)cc1Cl)C(=O)CSCc1c(Cl)cccc1Cl. The average molecular weight is 562 g/mol. The Bertz CT molecular complexity index is 994. The molecule has 0 bridgehead atoms. The highest BCUT2D eigenvalue weighted by atomic mass is 35.5. The zero-order chi connectivity index (χ0) is 24.7. The molecule has 0 aliphatic heterocycles. The second-order valence-electron chi connectivity index (χ2n) is 8.36. The third-order valence-corrected chi connectivity index (χ3v) is 8.22. The number of carbonyl (C=O) groups is 2. The van der Waals surface area contributed by atoms with Crippen molar-refractivity contribution in [3.05, 3.63) is 67.6 Å². The van der Waals surface area contributed by atoms with Crippen molar-refractivity contribution in [3.63, 3.8) is 0 Å². The Morgan fingerprint density at radius 1 is 1.06 bits per heavy atom. The van der Waals surface area contributed by atoms with E-state index in [1.54, 1.807) is 41.3 Å². The lowest BCUT2D eigenvalue weighted by atomic mass is 10.1. The van der Waals surface area contributed by atoms with E-state index in [-0.39, 0.29) is 30.2 Å². The minimum absolute atomic E-state index is 0.119. The van der Waals surface area contributed by atoms with Crippen LogP contribution in [0.4, 0.5) is 0 Å². The summed E-state index contributed by atoms with van der Waals surface area (Å²) in [5, 5.41) is 5.26. The first-order chi connectivity index (χ1) is 16.3. The summed E-state index contributed by atoms with van der Waals surface area (Å²) in [4.78, 5) is 28.2. The van der Waals surface area contributed by atoms with Gasteiger partial charge in [-0.05, 0) is 54.7 Å². The molecule has 1 saturated carbocycles. The highest BCUT2D eigenvalue weighted by molar-refractivity contribution is 7.99. The smallest absolute Gasteiger partial charge is 0.243 e. The molecule has 0 radical (unpaired) electrons. The molecule has 0 spiro atoms. The summed E-state index contributed by atoms with van der Waals surface area (Å²) >= 11 is 26.4. The van der Waals surface area contributed by atoms with Crippen molar-refractivity contribution in [1.82, 2.24) is 10.2 Å². The molecular weight excluding hydrogens is 534 g/mol. The zero-order valence-electron chi connectivity index (χ0n) is 19.0. The van der Waals surface area contributed by atoms with Gasteiger partial charge in [0.1, 0.15) is 6.04 Å². The van der Waals surface area contributed by atoms with Gasteiger partial charge >= 0.3 is 0 Å². The molecule has 2 amide bonds. The summed E-state index contributed by atoms with van der Waals surface area (Å²) in [7, 11) is 0. The predicted octanol–water partition coefficient (Wildman–Crippen LogP) is 7.40. The van der Waals surface area contributed by atoms with Crippen LogP contribution >= 0.6 is 58.2 Å². The second kappa shape index (κ2) is 13.3. The quantitative estimate of drug-likeness (QED) is 0.329. The molecule has 0 aromatic heterocycles. The van der Waals surface area contributed by atoms with Gasteiger partial charge in [0.15, 0.2) is 0 Å². The van der Waals surface area contributed by atoms with Crippen LogP contribution in [-0.4, -0.2) is 34.6 Å². The van der Waals surface area contributed by atoms with Crippen molar-refractivity contribution in [2.75, 3.05) is 5.75 Å². The van der Waals surface area contributed by atoms with Crippen molar-refractivity contribution >= 4 is 70.0 Å². The van der Waals surface area contributed by atoms with Crippen LogP contribution in [0.3, 0.4) is 0 Å². The molecule has 4 nitrogen and oxygen atoms in total. The Labute approximate surface area is 225 Å². The summed E-state index contributed by atoms with van der Waals surface area (Å²) in [6.07, 6.45) is 4.69. The summed E-state index contributed by atoms with van der Waals surface area (Å²) in [5.41, 5.74) is 1.53. The van der Waals surface area contributed by atoms with Crippen LogP contribution in [0.5, 0.6) is 0 Å². The van der Waals surface area contributed by atoms with Gasteiger partial charge in [-0.1, -0.05) is 78.3 Å². The lowest BCUT2D eigenvalue weighted by molar-refractivity contribution is -0.139. The van der Waals surface area contributed by atoms with Gasteiger partial charge < -0.3 is 10.2 Å². The van der Waals surface area contributed by atoms with Gasteiger partial charge in [0.2, 0.25) is 11.8 Å². The monoisotopic (exact) mass is 560 g/mol. The molecule has 3 rings (SSSR count). The second-order valence-corrected chi connectivity index (χ2v) is 11.0. The number of nitrogens with zero attached hydrogens (tertiary/aromatic N) is 1. The van der Waals surface area contributed by atoms with E-state index in [2.05, 4.69) is 5.32 Å². The molecule has 0 heterocycles. The summed E-state index contributed by atoms with van der Waals surface area (Å²) < 4.78 is 0. The van der Waals surface area contributed by atoms with Crippen molar-refractivity contribution in [2.45, 2.75) is 63.4 Å². The highest BCUT2D eigenvalue weighted by Gasteiger charge is 2.31. The predicted molar refractivity (Wildman–Crippen MR) is 144 cm³/mol. The molecule has 2 aromatic rings. The van der Waals surface area contributed by atoms with Crippen LogP contribution in [0.2, 0.25) is 20.1 Å². The maximum atomic E-state index is 13.4. The standard InChI is InChI=1S/C25H28Cl4N2O2S/c1-2-23(25(33)30-18-6-3-4-7-18)31(13-16-10-11-17(26)12-22(16)29)24(32)15-34-14-19-20(27)8-5-9-21(19)28/h5,8-12,18,23H,2-4,6-7,13-15H2,1H3,(H,30,33). The van der Waals surface area contributed by atoms with E-state index < -0.39 is 6.04 Å². The fourth-order valence-corrected chi connectivity index (χ4v) is 6.23. The molecule has 1 N–H and O–H groups in total. The largest absolute Gasteiger partial charge is 0.352 e. The fraction of sp³-hybridized carbons (Fsp3) is 0.440. The first-order valence-electron chi connectivity index (χ1n) is 11.3. The Morgan fingerprint density at radius 2 is 1.74 bits per heavy atom. The van der Waals surface area contributed by atoms with Crippen LogP contribution in [0, 0.1) is 0 Å². The van der Waals surface area contributed by atoms with Gasteiger partial charge in [-0.3, -0.25) is 9.59 Å². The summed E-state index contributed by atoms with van der Waals surface area (Å²) in [6, 6.07) is 10.1. The fourth-order valence-electron chi connectivity index (χ4n) is 4.11. The molecule has 9 heteroatoms. The van der Waals surface area contributed by atoms with E-state index in [9.17, 15) is 9.59 Å². The molecule has 1 aliphatic carbocycles. The van der Waals surface area contributed by atoms with Gasteiger partial charge in [-0.15, -0.1) is 11.8 Å². The Balaban J connectivity index is 1.76. The zero-order valence-corrected chi connectivity index (χ0v) is 22.8. The van der Waals surface area contributed by atoms with Crippen molar-refractivity contribution in [3.8, 4) is 0 Å². The molecule has 0 saturated heterocycles. The number of hydrogen-bond acceptors (Lipinski definition) is 3. The van der Waals surface area contributed by atoms with E-state index in [1.165, 1.54) is 11.8 Å². The third-order valence-electron chi connectivity index (χ3n) is 5.98. The van der Waals surface area contributed by atoms with E-state index in [1.807, 2.05) is 6.92 Å². The van der Waals surface area contributed by atoms with Gasteiger partial charge in [-0.25, -0.2) is 0 Å². The van der Waals surface area contributed by atoms with E-state index in [0.29, 0.717) is 32.3 Å². The van der Waals surface area contributed by atoms with Crippen LogP contribution in [-0.2, 0) is 21.9 Å². The number of rotatable bonds is 10. The highest BCUT2D eigenvalue weighted by Crippen LogP contribution is 2.29. The summed E-state index contributed by atoms with van der Waals surface area (Å²) in [5.74, 6) is 0.407. The molecule has 1 fully saturated rings. The maximum absolute atomic E-state index is 13.4. The van der Waals surface area contributed by atoms with Crippen LogP contribution < -0.4 is 5.32 Å². The number of benzene rings is 2. The number of amides is 2. The van der Waals surface area contributed by atoms with Gasteiger partial charge in [0.05, 0.1) is 5.75 Å². The van der Waals surface area contributed by atoms with Crippen LogP contribution in [0.25, 0.3) is 0 Å². The molecule has 34 heavy (non-hydrogen) atoms. The molecule has 1 aliphatic rings. The first kappa shape index (κ1) is 27.5. The molecule has 2 aromatic carbocycles. The summed E-state index contributed by atoms with van der Waals surface area (Å²) in [6.45, 7) is 2.14. The molecule has 1 atom stereocenters. The van der Waals surface area contributed by atoms with Gasteiger partial charge in [0.25, 0.3) is 0 Å². The average Bonchev–Trinajstić information content (AvgIpc) is 3.30. The number of hydrogen-bond donors (Lipinski definition) is 1. The molecular formula is C25H28Cl4N2O2S. The van der Waals surface area contributed by atoms with E-state index in [4.69, 9.17) is 46.4 Å². The third kappa shape index (κ3) is 7.44. The Morgan fingerprint density at radius 3 is 2.35 bits per heavy atom. The molecule has 184 valence electrons. The van der Waals surface area contributed by atoms with Crippen molar-refractivity contribution in [2.24, 2.45) is 0 Å². The lowest BCUT2D eigenvalue weighted by Crippen LogP contribution is -2.51. The van der Waals surface area contributed by atoms with Gasteiger partial charge in [0, 0.05) is 38.4 Å². The number of nitrogens with one attached hydrogen (secondary N) is 1. The Kier molecular flexibility index (Phi) is 10.7. The number of thioether (sulfide) groups is 1. The lowest BCUT2D eigenvalue weighted by Gasteiger charge is -2.31. The van der Waals surface area contributed by atoms with Crippen LogP contribution in [0.1, 0.15) is 50.2 Å². The Hall–Kier alpha value is -1.11. The topological polar surface area (TPSA) is 49.4 Å². The first-order valence-corrected chi connectivity index (χ1v) is 14.0. The number of carbonyl (C=O) groups excluding carboxylic acids is 2. The maximum Gasteiger partial charge on any atom is 0.243 e. The number of halogens is 4.